The van der Waals surface area contributed by atoms with E-state index < -0.39 is 5.97 Å². The molecular formula is C36H34N2O6. The Morgan fingerprint density at radius 2 is 1.52 bits per heavy atom. The molecule has 0 fully saturated rings. The van der Waals surface area contributed by atoms with E-state index in [1.807, 2.05) is 84.9 Å². The fraction of sp³-hybridized carbons (Fsp3) is 0.167. The van der Waals surface area contributed by atoms with E-state index in [0.717, 1.165) is 33.2 Å². The molecule has 5 aromatic rings. The summed E-state index contributed by atoms with van der Waals surface area (Å²) in [7, 11) is 3.43. The molecule has 224 valence electrons. The molecule has 2 N–H and O–H groups in total. The van der Waals surface area contributed by atoms with Gasteiger partial charge in [0.15, 0.2) is 6.79 Å². The van der Waals surface area contributed by atoms with Gasteiger partial charge < -0.3 is 29.5 Å². The number of hydrogen-bond acceptors (Lipinski definition) is 6. The van der Waals surface area contributed by atoms with Gasteiger partial charge in [0.2, 0.25) is 0 Å². The number of hydrogen-bond donors (Lipinski definition) is 2. The molecule has 8 heteroatoms. The Hall–Kier alpha value is -5.18. The normalized spacial score (nSPS) is 10.9. The highest BCUT2D eigenvalue weighted by Gasteiger charge is 2.14. The predicted molar refractivity (Wildman–Crippen MR) is 172 cm³/mol. The maximum atomic E-state index is 13.3. The van der Waals surface area contributed by atoms with Crippen LogP contribution in [0.2, 0.25) is 0 Å². The lowest BCUT2D eigenvalue weighted by atomic mass is 10.0. The lowest BCUT2D eigenvalue weighted by Gasteiger charge is -2.18. The first-order valence-corrected chi connectivity index (χ1v) is 14.2. The largest absolute Gasteiger partial charge is 0.478 e. The highest BCUT2D eigenvalue weighted by molar-refractivity contribution is 5.98. The predicted octanol–water partition coefficient (Wildman–Crippen LogP) is 7.22. The minimum atomic E-state index is -0.963. The Kier molecular flexibility index (Phi) is 9.86. The number of aromatic carboxylic acids is 1. The fourth-order valence-corrected chi connectivity index (χ4v) is 4.82. The minimum Gasteiger partial charge on any atom is -0.478 e. The number of carboxylic acids is 1. The lowest BCUT2D eigenvalue weighted by Crippen LogP contribution is -2.26. The molecule has 0 saturated heterocycles. The van der Waals surface area contributed by atoms with E-state index in [-0.39, 0.29) is 18.3 Å². The van der Waals surface area contributed by atoms with Crippen LogP contribution in [0, 0.1) is 0 Å². The van der Waals surface area contributed by atoms with Gasteiger partial charge in [0, 0.05) is 37.6 Å². The first kappa shape index (κ1) is 30.3. The summed E-state index contributed by atoms with van der Waals surface area (Å²) < 4.78 is 16.0. The molecule has 5 aromatic carbocycles. The van der Waals surface area contributed by atoms with E-state index in [9.17, 15) is 14.7 Å². The van der Waals surface area contributed by atoms with Crippen molar-refractivity contribution in [3.8, 4) is 16.9 Å². The summed E-state index contributed by atoms with van der Waals surface area (Å²) in [5.74, 6) is -0.330. The number of benzene rings is 5. The third-order valence-corrected chi connectivity index (χ3v) is 7.11. The molecule has 8 nitrogen and oxygen atoms in total. The summed E-state index contributed by atoms with van der Waals surface area (Å²) in [5, 5.41) is 14.4. The number of carboxylic acid groups (broad SMARTS) is 1. The number of carbonyl (C=O) groups is 2. The van der Waals surface area contributed by atoms with Crippen LogP contribution in [0.5, 0.6) is 5.75 Å². The molecule has 0 radical (unpaired) electrons. The number of amides is 1. The zero-order valence-corrected chi connectivity index (χ0v) is 24.7. The van der Waals surface area contributed by atoms with Gasteiger partial charge in [0.25, 0.3) is 5.91 Å². The maximum absolute atomic E-state index is 13.3. The van der Waals surface area contributed by atoms with E-state index >= 15 is 0 Å². The molecule has 0 aliphatic carbocycles. The summed E-state index contributed by atoms with van der Waals surface area (Å²) >= 11 is 0. The second-order valence-electron chi connectivity index (χ2n) is 10.3. The van der Waals surface area contributed by atoms with E-state index in [0.29, 0.717) is 36.8 Å². The zero-order valence-electron chi connectivity index (χ0n) is 24.7. The summed E-state index contributed by atoms with van der Waals surface area (Å²) in [6, 6.07) is 34.2. The third kappa shape index (κ3) is 7.80. The van der Waals surface area contributed by atoms with Crippen LogP contribution in [-0.4, -0.2) is 56.0 Å². The topological polar surface area (TPSA) is 97.3 Å². The van der Waals surface area contributed by atoms with E-state index in [1.165, 1.54) is 0 Å². The van der Waals surface area contributed by atoms with Crippen LogP contribution >= 0.6 is 0 Å². The molecule has 0 aliphatic heterocycles. The minimum absolute atomic E-state index is 0.0634. The first-order chi connectivity index (χ1) is 21.4. The fourth-order valence-electron chi connectivity index (χ4n) is 4.82. The number of ether oxygens (including phenoxy) is 3. The molecule has 44 heavy (non-hydrogen) atoms. The molecular weight excluding hydrogens is 556 g/mol. The zero-order chi connectivity index (χ0) is 30.9. The molecule has 0 heterocycles. The molecule has 0 bridgehead atoms. The Balaban J connectivity index is 1.21. The Bertz CT molecular complexity index is 1750. The number of carbonyl (C=O) groups excluding carboxylic acids is 1. The van der Waals surface area contributed by atoms with Gasteiger partial charge in [0.1, 0.15) is 5.75 Å². The van der Waals surface area contributed by atoms with Gasteiger partial charge in [0.05, 0.1) is 18.8 Å². The first-order valence-electron chi connectivity index (χ1n) is 14.2. The van der Waals surface area contributed by atoms with Crippen molar-refractivity contribution in [1.29, 1.82) is 0 Å². The molecule has 5 rings (SSSR count). The van der Waals surface area contributed by atoms with Gasteiger partial charge in [-0.1, -0.05) is 48.5 Å². The summed E-state index contributed by atoms with van der Waals surface area (Å²) in [5.41, 5.74) is 5.49. The Morgan fingerprint density at radius 3 is 2.32 bits per heavy atom. The van der Waals surface area contributed by atoms with E-state index in [4.69, 9.17) is 14.2 Å². The van der Waals surface area contributed by atoms with Gasteiger partial charge in [-0.2, -0.15) is 0 Å². The van der Waals surface area contributed by atoms with Crippen molar-refractivity contribution in [3.05, 3.63) is 126 Å². The number of rotatable bonds is 13. The number of anilines is 2. The molecule has 0 aromatic heterocycles. The summed E-state index contributed by atoms with van der Waals surface area (Å²) in [4.78, 5) is 26.3. The van der Waals surface area contributed by atoms with Gasteiger partial charge in [-0.05, 0) is 88.1 Å². The quantitative estimate of drug-likeness (QED) is 0.110. The number of fused-ring (bicyclic) bond motifs is 1. The SMILES string of the molecule is COCCOCOc1ccc2cc(C(=O)N(C)Cc3cccc(-c4ccc(Nc5cccc(C(=O)O)c5)cc4)c3)ccc2c1. The van der Waals surface area contributed by atoms with E-state index in [1.54, 1.807) is 37.3 Å². The smallest absolute Gasteiger partial charge is 0.335 e. The van der Waals surface area contributed by atoms with Crippen molar-refractivity contribution in [1.82, 2.24) is 4.90 Å². The summed E-state index contributed by atoms with van der Waals surface area (Å²) in [6.07, 6.45) is 0. The Labute approximate surface area is 256 Å². The molecule has 1 amide bonds. The highest BCUT2D eigenvalue weighted by atomic mass is 16.7. The average Bonchev–Trinajstić information content (AvgIpc) is 3.04. The van der Waals surface area contributed by atoms with Crippen LogP contribution in [0.15, 0.2) is 109 Å². The highest BCUT2D eigenvalue weighted by Crippen LogP contribution is 2.26. The van der Waals surface area contributed by atoms with Crippen LogP contribution < -0.4 is 10.1 Å². The van der Waals surface area contributed by atoms with Gasteiger partial charge in [-0.15, -0.1) is 0 Å². The van der Waals surface area contributed by atoms with Crippen molar-refractivity contribution in [3.63, 3.8) is 0 Å². The molecule has 0 spiro atoms. The third-order valence-electron chi connectivity index (χ3n) is 7.11. The van der Waals surface area contributed by atoms with Crippen LogP contribution in [0.25, 0.3) is 21.9 Å². The van der Waals surface area contributed by atoms with Crippen LogP contribution in [0.4, 0.5) is 11.4 Å². The maximum Gasteiger partial charge on any atom is 0.335 e. The van der Waals surface area contributed by atoms with Crippen LogP contribution in [0.1, 0.15) is 26.3 Å². The molecule has 0 unspecified atom stereocenters. The summed E-state index contributed by atoms with van der Waals surface area (Å²) in [6.45, 7) is 1.58. The number of nitrogens with one attached hydrogen (secondary N) is 1. The van der Waals surface area contributed by atoms with Crippen molar-refractivity contribution in [2.45, 2.75) is 6.54 Å². The van der Waals surface area contributed by atoms with Crippen LogP contribution in [-0.2, 0) is 16.0 Å². The van der Waals surface area contributed by atoms with Crippen molar-refractivity contribution < 1.29 is 28.9 Å². The lowest BCUT2D eigenvalue weighted by molar-refractivity contribution is -0.00841. The second kappa shape index (κ2) is 14.3. The number of nitrogens with zero attached hydrogens (tertiary/aromatic N) is 1. The standard InChI is InChI=1S/C36H34N2O6/c1-38(35(39)30-10-9-29-22-34(16-13-28(29)20-30)44-24-43-18-17-42-2)23-25-5-3-6-27(19-25)26-11-14-32(15-12-26)37-33-8-4-7-31(21-33)36(40)41/h3-16,19-22,37H,17-18,23-24H2,1-2H3,(H,40,41). The van der Waals surface area contributed by atoms with Crippen molar-refractivity contribution >= 4 is 34.0 Å². The molecule has 0 atom stereocenters. The van der Waals surface area contributed by atoms with Crippen LogP contribution in [0.3, 0.4) is 0 Å². The van der Waals surface area contributed by atoms with Gasteiger partial charge >= 0.3 is 5.97 Å². The average molecular weight is 591 g/mol. The second-order valence-corrected chi connectivity index (χ2v) is 10.3. The Morgan fingerprint density at radius 1 is 0.750 bits per heavy atom. The van der Waals surface area contributed by atoms with Crippen molar-refractivity contribution in [2.24, 2.45) is 0 Å². The number of methoxy groups -OCH3 is 1. The van der Waals surface area contributed by atoms with Crippen molar-refractivity contribution in [2.75, 3.05) is 39.5 Å². The van der Waals surface area contributed by atoms with Gasteiger partial charge in [-0.25, -0.2) is 4.79 Å². The van der Waals surface area contributed by atoms with Gasteiger partial charge in [-0.3, -0.25) is 4.79 Å². The van der Waals surface area contributed by atoms with E-state index in [2.05, 4.69) is 11.4 Å². The molecule has 0 aliphatic rings. The molecule has 0 saturated carbocycles. The monoisotopic (exact) mass is 590 g/mol.